The van der Waals surface area contributed by atoms with E-state index < -0.39 is 0 Å². The molecule has 0 radical (unpaired) electrons. The standard InChI is InChI=1S/C11H21N3O.ClH/c1-3-6-14-10-11(9-13-14)8-12-5-4-7-15-2;/h9-10,12H,3-8H2,1-2H3;1H. The fourth-order valence-electron chi connectivity index (χ4n) is 1.42. The third-order valence-electron chi connectivity index (χ3n) is 2.17. The number of methoxy groups -OCH3 is 1. The van der Waals surface area contributed by atoms with Crippen molar-refractivity contribution >= 4 is 12.4 Å². The van der Waals surface area contributed by atoms with Gasteiger partial charge in [0.1, 0.15) is 0 Å². The lowest BCUT2D eigenvalue weighted by Gasteiger charge is -2.01. The minimum Gasteiger partial charge on any atom is -0.385 e. The molecule has 0 bridgehead atoms. The molecule has 0 unspecified atom stereocenters. The van der Waals surface area contributed by atoms with Crippen molar-refractivity contribution in [3.8, 4) is 0 Å². The number of rotatable bonds is 8. The third-order valence-corrected chi connectivity index (χ3v) is 2.17. The first-order valence-corrected chi connectivity index (χ1v) is 5.57. The fourth-order valence-corrected chi connectivity index (χ4v) is 1.42. The van der Waals surface area contributed by atoms with Crippen molar-refractivity contribution in [2.75, 3.05) is 20.3 Å². The number of ether oxygens (including phenoxy) is 1. The normalized spacial score (nSPS) is 10.1. The molecule has 0 aliphatic carbocycles. The lowest BCUT2D eigenvalue weighted by Crippen LogP contribution is -2.15. The van der Waals surface area contributed by atoms with Crippen LogP contribution >= 0.6 is 12.4 Å². The van der Waals surface area contributed by atoms with Gasteiger partial charge in [0.15, 0.2) is 0 Å². The van der Waals surface area contributed by atoms with Crippen LogP contribution in [-0.2, 0) is 17.8 Å². The van der Waals surface area contributed by atoms with Crippen LogP contribution in [0, 0.1) is 0 Å². The quantitative estimate of drug-likeness (QED) is 0.713. The van der Waals surface area contributed by atoms with Gasteiger partial charge in [-0.3, -0.25) is 4.68 Å². The Hall–Kier alpha value is -0.580. The Morgan fingerprint density at radius 2 is 2.31 bits per heavy atom. The average Bonchev–Trinajstić information content (AvgIpc) is 2.66. The minimum atomic E-state index is 0. The highest BCUT2D eigenvalue weighted by Gasteiger charge is 1.96. The molecule has 0 atom stereocenters. The SMILES string of the molecule is CCCn1cc(CNCCCOC)cn1.Cl. The highest BCUT2D eigenvalue weighted by Crippen LogP contribution is 1.98. The van der Waals surface area contributed by atoms with Crippen molar-refractivity contribution in [3.05, 3.63) is 18.0 Å². The van der Waals surface area contributed by atoms with Gasteiger partial charge >= 0.3 is 0 Å². The molecule has 0 spiro atoms. The summed E-state index contributed by atoms with van der Waals surface area (Å²) in [6.07, 6.45) is 6.22. The molecule has 1 N–H and O–H groups in total. The summed E-state index contributed by atoms with van der Waals surface area (Å²) in [5.41, 5.74) is 1.25. The molecule has 1 aromatic heterocycles. The van der Waals surface area contributed by atoms with Crippen LogP contribution in [0.15, 0.2) is 12.4 Å². The molecule has 94 valence electrons. The van der Waals surface area contributed by atoms with E-state index in [1.165, 1.54) is 5.56 Å². The molecule has 16 heavy (non-hydrogen) atoms. The van der Waals surface area contributed by atoms with Gasteiger partial charge < -0.3 is 10.1 Å². The molecule has 1 rings (SSSR count). The molecule has 0 aromatic carbocycles. The van der Waals surface area contributed by atoms with Crippen LogP contribution in [0.25, 0.3) is 0 Å². The number of aryl methyl sites for hydroxylation is 1. The summed E-state index contributed by atoms with van der Waals surface area (Å²) in [6.45, 7) is 5.87. The van der Waals surface area contributed by atoms with Gasteiger partial charge in [-0.1, -0.05) is 6.92 Å². The first-order valence-electron chi connectivity index (χ1n) is 5.57. The van der Waals surface area contributed by atoms with Crippen LogP contribution in [-0.4, -0.2) is 30.0 Å². The van der Waals surface area contributed by atoms with Gasteiger partial charge in [-0.25, -0.2) is 0 Å². The Morgan fingerprint density at radius 3 is 3.00 bits per heavy atom. The predicted molar refractivity (Wildman–Crippen MR) is 68.0 cm³/mol. The summed E-state index contributed by atoms with van der Waals surface area (Å²) in [6, 6.07) is 0. The number of aromatic nitrogens is 2. The number of nitrogens with one attached hydrogen (secondary N) is 1. The molecule has 0 amide bonds. The smallest absolute Gasteiger partial charge is 0.0534 e. The van der Waals surface area contributed by atoms with Crippen molar-refractivity contribution in [1.29, 1.82) is 0 Å². The fraction of sp³-hybridized carbons (Fsp3) is 0.727. The highest BCUT2D eigenvalue weighted by molar-refractivity contribution is 5.85. The van der Waals surface area contributed by atoms with Gasteiger partial charge in [0.25, 0.3) is 0 Å². The van der Waals surface area contributed by atoms with Crippen molar-refractivity contribution in [1.82, 2.24) is 15.1 Å². The topological polar surface area (TPSA) is 39.1 Å². The van der Waals surface area contributed by atoms with E-state index in [1.54, 1.807) is 7.11 Å². The second kappa shape index (κ2) is 9.63. The molecule has 1 aromatic rings. The maximum absolute atomic E-state index is 4.97. The first-order chi connectivity index (χ1) is 7.36. The summed E-state index contributed by atoms with van der Waals surface area (Å²) in [5.74, 6) is 0. The van der Waals surface area contributed by atoms with Gasteiger partial charge in [-0.05, 0) is 19.4 Å². The molecule has 0 aliphatic heterocycles. The van der Waals surface area contributed by atoms with Crippen LogP contribution in [0.1, 0.15) is 25.3 Å². The zero-order chi connectivity index (χ0) is 10.9. The monoisotopic (exact) mass is 247 g/mol. The van der Waals surface area contributed by atoms with E-state index in [0.717, 1.165) is 39.1 Å². The second-order valence-corrected chi connectivity index (χ2v) is 3.63. The lowest BCUT2D eigenvalue weighted by atomic mass is 10.3. The number of hydrogen-bond donors (Lipinski definition) is 1. The summed E-state index contributed by atoms with van der Waals surface area (Å²) in [7, 11) is 1.73. The largest absolute Gasteiger partial charge is 0.385 e. The Bertz CT molecular complexity index is 265. The van der Waals surface area contributed by atoms with E-state index in [4.69, 9.17) is 4.74 Å². The molecule has 0 fully saturated rings. The number of halogens is 1. The van der Waals surface area contributed by atoms with E-state index in [1.807, 2.05) is 10.9 Å². The maximum Gasteiger partial charge on any atom is 0.0534 e. The van der Waals surface area contributed by atoms with Crippen LogP contribution in [0.4, 0.5) is 0 Å². The summed E-state index contributed by atoms with van der Waals surface area (Å²) < 4.78 is 6.97. The van der Waals surface area contributed by atoms with E-state index in [-0.39, 0.29) is 12.4 Å². The van der Waals surface area contributed by atoms with Crippen molar-refractivity contribution < 1.29 is 4.74 Å². The Balaban J connectivity index is 0.00000225. The van der Waals surface area contributed by atoms with Gasteiger partial charge in [0.05, 0.1) is 6.20 Å². The van der Waals surface area contributed by atoms with Crippen molar-refractivity contribution in [3.63, 3.8) is 0 Å². The Kier molecular flexibility index (Phi) is 9.28. The van der Waals surface area contributed by atoms with Crippen LogP contribution in [0.2, 0.25) is 0 Å². The van der Waals surface area contributed by atoms with E-state index in [9.17, 15) is 0 Å². The molecule has 0 saturated carbocycles. The predicted octanol–water partition coefficient (Wildman–Crippen LogP) is 1.84. The molecule has 5 heteroatoms. The Morgan fingerprint density at radius 1 is 1.50 bits per heavy atom. The highest BCUT2D eigenvalue weighted by atomic mass is 35.5. The van der Waals surface area contributed by atoms with Crippen LogP contribution < -0.4 is 5.32 Å². The molecular weight excluding hydrogens is 226 g/mol. The van der Waals surface area contributed by atoms with Gasteiger partial charge in [0, 0.05) is 38.6 Å². The zero-order valence-electron chi connectivity index (χ0n) is 10.1. The Labute approximate surface area is 104 Å². The zero-order valence-corrected chi connectivity index (χ0v) is 10.9. The van der Waals surface area contributed by atoms with Gasteiger partial charge in [-0.2, -0.15) is 5.10 Å². The molecular formula is C11H22ClN3O. The van der Waals surface area contributed by atoms with Crippen molar-refractivity contribution in [2.45, 2.75) is 32.9 Å². The van der Waals surface area contributed by atoms with Gasteiger partial charge in [0.2, 0.25) is 0 Å². The summed E-state index contributed by atoms with van der Waals surface area (Å²) in [4.78, 5) is 0. The first kappa shape index (κ1) is 15.4. The van der Waals surface area contributed by atoms with Gasteiger partial charge in [-0.15, -0.1) is 12.4 Å². The van der Waals surface area contributed by atoms with Crippen LogP contribution in [0.3, 0.4) is 0 Å². The molecule has 1 heterocycles. The minimum absolute atomic E-state index is 0. The van der Waals surface area contributed by atoms with E-state index in [0.29, 0.717) is 0 Å². The van der Waals surface area contributed by atoms with E-state index >= 15 is 0 Å². The van der Waals surface area contributed by atoms with Crippen LogP contribution in [0.5, 0.6) is 0 Å². The average molecular weight is 248 g/mol. The van der Waals surface area contributed by atoms with E-state index in [2.05, 4.69) is 23.5 Å². The van der Waals surface area contributed by atoms with Crippen molar-refractivity contribution in [2.24, 2.45) is 0 Å². The molecule has 0 saturated heterocycles. The maximum atomic E-state index is 4.97. The summed E-state index contributed by atoms with van der Waals surface area (Å²) >= 11 is 0. The molecule has 4 nitrogen and oxygen atoms in total. The summed E-state index contributed by atoms with van der Waals surface area (Å²) in [5, 5.41) is 7.63. The second-order valence-electron chi connectivity index (χ2n) is 3.63. The number of nitrogens with zero attached hydrogens (tertiary/aromatic N) is 2. The number of hydrogen-bond acceptors (Lipinski definition) is 3. The lowest BCUT2D eigenvalue weighted by molar-refractivity contribution is 0.194. The molecule has 0 aliphatic rings. The third kappa shape index (κ3) is 6.10.